The van der Waals surface area contributed by atoms with Gasteiger partial charge in [0.1, 0.15) is 11.6 Å². The molecular formula is C15H17F2NO3. The van der Waals surface area contributed by atoms with Crippen molar-refractivity contribution in [3.8, 4) is 0 Å². The summed E-state index contributed by atoms with van der Waals surface area (Å²) in [5.74, 6) is -3.33. The zero-order chi connectivity index (χ0) is 15.6. The van der Waals surface area contributed by atoms with Crippen LogP contribution in [0.25, 0.3) is 0 Å². The highest BCUT2D eigenvalue weighted by Gasteiger charge is 2.44. The molecule has 1 amide bonds. The molecule has 21 heavy (non-hydrogen) atoms. The van der Waals surface area contributed by atoms with E-state index in [1.54, 1.807) is 6.92 Å². The third kappa shape index (κ3) is 3.04. The van der Waals surface area contributed by atoms with Crippen LogP contribution in [-0.4, -0.2) is 23.0 Å². The number of aliphatic carboxylic acids is 1. The number of benzene rings is 1. The summed E-state index contributed by atoms with van der Waals surface area (Å²) in [6.45, 7) is 1.57. The van der Waals surface area contributed by atoms with Gasteiger partial charge in [-0.05, 0) is 38.0 Å². The van der Waals surface area contributed by atoms with E-state index >= 15 is 0 Å². The molecule has 0 spiro atoms. The molecule has 2 rings (SSSR count). The van der Waals surface area contributed by atoms with E-state index in [2.05, 4.69) is 5.32 Å². The second-order valence-corrected chi connectivity index (χ2v) is 5.62. The lowest BCUT2D eigenvalue weighted by atomic mass is 9.71. The molecule has 0 aliphatic heterocycles. The fraction of sp³-hybridized carbons (Fsp3) is 0.467. The van der Waals surface area contributed by atoms with Gasteiger partial charge < -0.3 is 10.4 Å². The Morgan fingerprint density at radius 2 is 2.05 bits per heavy atom. The molecule has 2 unspecified atom stereocenters. The first-order valence-electron chi connectivity index (χ1n) is 6.84. The van der Waals surface area contributed by atoms with Crippen LogP contribution in [0.4, 0.5) is 8.78 Å². The average molecular weight is 297 g/mol. The monoisotopic (exact) mass is 297 g/mol. The molecule has 6 heteroatoms. The van der Waals surface area contributed by atoms with Crippen LogP contribution in [0.15, 0.2) is 18.2 Å². The summed E-state index contributed by atoms with van der Waals surface area (Å²) < 4.78 is 26.7. The van der Waals surface area contributed by atoms with Crippen LogP contribution < -0.4 is 5.32 Å². The van der Waals surface area contributed by atoms with E-state index in [0.717, 1.165) is 31.0 Å². The van der Waals surface area contributed by atoms with Gasteiger partial charge in [0.05, 0.1) is 11.0 Å². The second kappa shape index (κ2) is 5.79. The Kier molecular flexibility index (Phi) is 4.25. The fourth-order valence-corrected chi connectivity index (χ4v) is 2.73. The van der Waals surface area contributed by atoms with Crippen LogP contribution in [0, 0.1) is 17.0 Å². The topological polar surface area (TPSA) is 66.4 Å². The predicted molar refractivity (Wildman–Crippen MR) is 71.8 cm³/mol. The molecule has 1 aromatic rings. The predicted octanol–water partition coefficient (Wildman–Crippen LogP) is 2.73. The van der Waals surface area contributed by atoms with Gasteiger partial charge in [0.15, 0.2) is 0 Å². The molecule has 1 aliphatic carbocycles. The van der Waals surface area contributed by atoms with Gasteiger partial charge in [0.25, 0.3) is 5.91 Å². The molecule has 0 saturated heterocycles. The molecule has 2 N–H and O–H groups in total. The van der Waals surface area contributed by atoms with Gasteiger partial charge in [-0.25, -0.2) is 8.78 Å². The number of hydrogen-bond acceptors (Lipinski definition) is 2. The Morgan fingerprint density at radius 1 is 1.33 bits per heavy atom. The second-order valence-electron chi connectivity index (χ2n) is 5.62. The maximum Gasteiger partial charge on any atom is 0.311 e. The first-order valence-corrected chi connectivity index (χ1v) is 6.84. The first kappa shape index (κ1) is 15.4. The van der Waals surface area contributed by atoms with Gasteiger partial charge in [-0.2, -0.15) is 0 Å². The summed E-state index contributed by atoms with van der Waals surface area (Å²) >= 11 is 0. The van der Waals surface area contributed by atoms with Crippen LogP contribution in [0.3, 0.4) is 0 Å². The number of carbonyl (C=O) groups is 2. The molecule has 0 aromatic heterocycles. The Balaban J connectivity index is 2.21. The van der Waals surface area contributed by atoms with Crippen LogP contribution >= 0.6 is 0 Å². The van der Waals surface area contributed by atoms with E-state index in [0.29, 0.717) is 12.8 Å². The van der Waals surface area contributed by atoms with Crippen molar-refractivity contribution in [2.24, 2.45) is 5.41 Å². The fourth-order valence-electron chi connectivity index (χ4n) is 2.73. The van der Waals surface area contributed by atoms with Crippen molar-refractivity contribution in [1.82, 2.24) is 5.32 Å². The number of rotatable bonds is 3. The Bertz CT molecular complexity index is 576. The summed E-state index contributed by atoms with van der Waals surface area (Å²) in [6, 6.07) is 2.01. The van der Waals surface area contributed by atoms with Gasteiger partial charge in [-0.1, -0.05) is 12.8 Å². The highest BCUT2D eigenvalue weighted by molar-refractivity contribution is 5.95. The molecule has 0 heterocycles. The normalized spacial score (nSPS) is 25.4. The number of carboxylic acids is 1. The van der Waals surface area contributed by atoms with E-state index < -0.39 is 40.5 Å². The molecule has 0 bridgehead atoms. The Morgan fingerprint density at radius 3 is 2.71 bits per heavy atom. The third-order valence-electron chi connectivity index (χ3n) is 4.17. The van der Waals surface area contributed by atoms with E-state index in [1.165, 1.54) is 0 Å². The van der Waals surface area contributed by atoms with Gasteiger partial charge in [-0.15, -0.1) is 0 Å². The zero-order valence-electron chi connectivity index (χ0n) is 11.7. The van der Waals surface area contributed by atoms with Gasteiger partial charge >= 0.3 is 5.97 Å². The summed E-state index contributed by atoms with van der Waals surface area (Å²) in [5.41, 5.74) is -1.49. The van der Waals surface area contributed by atoms with Crippen molar-refractivity contribution in [1.29, 1.82) is 0 Å². The number of carboxylic acid groups (broad SMARTS) is 1. The SMILES string of the molecule is CC1(C(=O)O)CCCCC1NC(=O)c1cc(F)ccc1F. The van der Waals surface area contributed by atoms with Crippen molar-refractivity contribution in [3.63, 3.8) is 0 Å². The number of carbonyl (C=O) groups excluding carboxylic acids is 1. The first-order chi connectivity index (χ1) is 9.84. The van der Waals surface area contributed by atoms with Gasteiger partial charge in [0, 0.05) is 6.04 Å². The minimum atomic E-state index is -1.09. The van der Waals surface area contributed by atoms with Crippen LogP contribution in [0.2, 0.25) is 0 Å². The molecular weight excluding hydrogens is 280 g/mol. The molecule has 114 valence electrons. The quantitative estimate of drug-likeness (QED) is 0.901. The number of amides is 1. The standard InChI is InChI=1S/C15H17F2NO3/c1-15(14(20)21)7-3-2-4-12(15)18-13(19)10-8-9(16)5-6-11(10)17/h5-6,8,12H,2-4,7H2,1H3,(H,18,19)(H,20,21). The molecule has 1 saturated carbocycles. The van der Waals surface area contributed by atoms with E-state index in [9.17, 15) is 23.5 Å². The lowest BCUT2D eigenvalue weighted by molar-refractivity contribution is -0.151. The highest BCUT2D eigenvalue weighted by Crippen LogP contribution is 2.36. The van der Waals surface area contributed by atoms with E-state index in [-0.39, 0.29) is 0 Å². The molecule has 1 aromatic carbocycles. The van der Waals surface area contributed by atoms with Crippen molar-refractivity contribution >= 4 is 11.9 Å². The maximum absolute atomic E-state index is 13.6. The Hall–Kier alpha value is -1.98. The highest BCUT2D eigenvalue weighted by atomic mass is 19.1. The molecule has 0 radical (unpaired) electrons. The third-order valence-corrected chi connectivity index (χ3v) is 4.17. The van der Waals surface area contributed by atoms with Crippen molar-refractivity contribution in [3.05, 3.63) is 35.4 Å². The molecule has 1 fully saturated rings. The minimum Gasteiger partial charge on any atom is -0.481 e. The smallest absolute Gasteiger partial charge is 0.311 e. The molecule has 2 atom stereocenters. The van der Waals surface area contributed by atoms with Crippen molar-refractivity contribution in [2.45, 2.75) is 38.6 Å². The van der Waals surface area contributed by atoms with Crippen LogP contribution in [0.1, 0.15) is 43.0 Å². The molecule has 1 aliphatic rings. The van der Waals surface area contributed by atoms with Gasteiger partial charge in [-0.3, -0.25) is 9.59 Å². The van der Waals surface area contributed by atoms with Crippen LogP contribution in [0.5, 0.6) is 0 Å². The average Bonchev–Trinajstić information content (AvgIpc) is 2.43. The number of hydrogen-bond donors (Lipinski definition) is 2. The maximum atomic E-state index is 13.6. The summed E-state index contributed by atoms with van der Waals surface area (Å²) in [4.78, 5) is 23.5. The lowest BCUT2D eigenvalue weighted by Gasteiger charge is -2.38. The number of nitrogens with one attached hydrogen (secondary N) is 1. The Labute approximate surface area is 121 Å². The van der Waals surface area contributed by atoms with E-state index in [1.807, 2.05) is 0 Å². The van der Waals surface area contributed by atoms with Gasteiger partial charge in [0.2, 0.25) is 0 Å². The lowest BCUT2D eigenvalue weighted by Crippen LogP contribution is -2.52. The van der Waals surface area contributed by atoms with Crippen molar-refractivity contribution < 1.29 is 23.5 Å². The number of halogens is 2. The van der Waals surface area contributed by atoms with Crippen LogP contribution in [-0.2, 0) is 4.79 Å². The summed E-state index contributed by atoms with van der Waals surface area (Å²) in [6.07, 6.45) is 2.51. The zero-order valence-corrected chi connectivity index (χ0v) is 11.7. The molecule has 4 nitrogen and oxygen atoms in total. The van der Waals surface area contributed by atoms with Crippen molar-refractivity contribution in [2.75, 3.05) is 0 Å². The van der Waals surface area contributed by atoms with E-state index in [4.69, 9.17) is 0 Å². The minimum absolute atomic E-state index is 0.409. The summed E-state index contributed by atoms with van der Waals surface area (Å²) in [7, 11) is 0. The largest absolute Gasteiger partial charge is 0.481 e. The summed E-state index contributed by atoms with van der Waals surface area (Å²) in [5, 5.41) is 11.9.